The van der Waals surface area contributed by atoms with Crippen LogP contribution in [0.15, 0.2) is 48.5 Å². The van der Waals surface area contributed by atoms with Crippen LogP contribution in [0, 0.1) is 0 Å². The van der Waals surface area contributed by atoms with Gasteiger partial charge in [-0.05, 0) is 47.9 Å². The third-order valence-corrected chi connectivity index (χ3v) is 6.89. The first-order valence-electron chi connectivity index (χ1n) is 11.1. The molecule has 2 aromatic carbocycles. The normalized spacial score (nSPS) is 20.4. The Balaban J connectivity index is 1.24. The van der Waals surface area contributed by atoms with E-state index in [1.54, 1.807) is 4.90 Å². The summed E-state index contributed by atoms with van der Waals surface area (Å²) in [6.07, 6.45) is 1.89. The Bertz CT molecular complexity index is 1030. The highest BCUT2D eigenvalue weighted by atomic mass is 16.5. The minimum atomic E-state index is -0.955. The summed E-state index contributed by atoms with van der Waals surface area (Å²) in [5.74, 6) is -1.14. The van der Waals surface area contributed by atoms with Gasteiger partial charge in [-0.15, -0.1) is 0 Å². The van der Waals surface area contributed by atoms with Crippen LogP contribution < -0.4 is 5.32 Å². The molecule has 1 atom stereocenters. The highest BCUT2D eigenvalue weighted by molar-refractivity contribution is 5.93. The van der Waals surface area contributed by atoms with E-state index in [-0.39, 0.29) is 30.9 Å². The van der Waals surface area contributed by atoms with Gasteiger partial charge < -0.3 is 20.1 Å². The predicted octanol–water partition coefficient (Wildman–Crippen LogP) is 3.52. The first-order chi connectivity index (χ1) is 15.5. The molecule has 3 aliphatic rings. The summed E-state index contributed by atoms with van der Waals surface area (Å²) in [5, 5.41) is 11.9. The predicted molar refractivity (Wildman–Crippen MR) is 117 cm³/mol. The number of hydrogen-bond acceptors (Lipinski definition) is 4. The molecule has 0 unspecified atom stereocenters. The van der Waals surface area contributed by atoms with Crippen LogP contribution in [0.4, 0.5) is 4.79 Å². The van der Waals surface area contributed by atoms with Crippen molar-refractivity contribution in [1.29, 1.82) is 0 Å². The zero-order valence-electron chi connectivity index (χ0n) is 17.8. The van der Waals surface area contributed by atoms with Crippen LogP contribution in [0.1, 0.15) is 49.1 Å². The summed E-state index contributed by atoms with van der Waals surface area (Å²) < 4.78 is 5.60. The van der Waals surface area contributed by atoms with Crippen LogP contribution >= 0.6 is 0 Å². The Morgan fingerprint density at radius 1 is 1.03 bits per heavy atom. The van der Waals surface area contributed by atoms with E-state index in [0.29, 0.717) is 25.8 Å². The number of carboxylic acids is 1. The number of benzene rings is 2. The summed E-state index contributed by atoms with van der Waals surface area (Å²) in [5.41, 5.74) is 3.62. The van der Waals surface area contributed by atoms with E-state index in [4.69, 9.17) is 9.84 Å². The monoisotopic (exact) mass is 434 g/mol. The number of nitrogens with zero attached hydrogens (tertiary/aromatic N) is 1. The van der Waals surface area contributed by atoms with Crippen LogP contribution in [-0.2, 0) is 14.3 Å². The molecule has 166 valence electrons. The number of nitrogens with one attached hydrogen (secondary N) is 1. The molecule has 32 heavy (non-hydrogen) atoms. The first kappa shape index (κ1) is 20.5. The number of rotatable bonds is 6. The van der Waals surface area contributed by atoms with E-state index in [1.165, 1.54) is 0 Å². The van der Waals surface area contributed by atoms with Gasteiger partial charge >= 0.3 is 12.1 Å². The maximum absolute atomic E-state index is 13.1. The van der Waals surface area contributed by atoms with E-state index in [0.717, 1.165) is 28.7 Å². The molecule has 1 aliphatic heterocycles. The van der Waals surface area contributed by atoms with Gasteiger partial charge in [0.2, 0.25) is 5.91 Å². The average Bonchev–Trinajstić information content (AvgIpc) is 3.30. The lowest BCUT2D eigenvalue weighted by Crippen LogP contribution is -2.52. The molecule has 2 N–H and O–H groups in total. The standard InChI is InChI=1S/C25H26N2O5/c28-22(29)14-16-6-5-13-27(16)23(30)25(11-12-25)26-24(31)32-15-21-19-9-3-1-7-17(19)18-8-2-4-10-20(18)21/h1-4,7-10,16,21H,5-6,11-15H2,(H,26,31)(H,28,29)/t16-/m0/s1. The number of alkyl carbamates (subject to hydrolysis) is 1. The molecule has 5 rings (SSSR count). The minimum absolute atomic E-state index is 0.0440. The SMILES string of the molecule is O=C(O)C[C@@H]1CCCN1C(=O)C1(NC(=O)OCC2c3ccccc3-c3ccccc32)CC1. The summed E-state index contributed by atoms with van der Waals surface area (Å²) >= 11 is 0. The lowest BCUT2D eigenvalue weighted by molar-refractivity contribution is -0.141. The maximum Gasteiger partial charge on any atom is 0.408 e. The smallest absolute Gasteiger partial charge is 0.408 e. The molecule has 1 heterocycles. The number of amides is 2. The molecule has 2 fully saturated rings. The lowest BCUT2D eigenvalue weighted by atomic mass is 9.98. The van der Waals surface area contributed by atoms with E-state index in [2.05, 4.69) is 29.6 Å². The van der Waals surface area contributed by atoms with Crippen LogP contribution in [-0.4, -0.2) is 52.7 Å². The number of ether oxygens (including phenoxy) is 1. The Morgan fingerprint density at radius 3 is 2.25 bits per heavy atom. The van der Waals surface area contributed by atoms with Crippen LogP contribution in [0.25, 0.3) is 11.1 Å². The van der Waals surface area contributed by atoms with Crippen molar-refractivity contribution < 1.29 is 24.2 Å². The summed E-state index contributed by atoms with van der Waals surface area (Å²) in [4.78, 5) is 38.5. The molecule has 2 aromatic rings. The number of fused-ring (bicyclic) bond motifs is 3. The molecular formula is C25H26N2O5. The second-order valence-electron chi connectivity index (χ2n) is 8.93. The molecule has 7 nitrogen and oxygen atoms in total. The number of carbonyl (C=O) groups excluding carboxylic acids is 2. The largest absolute Gasteiger partial charge is 0.481 e. The van der Waals surface area contributed by atoms with E-state index < -0.39 is 17.6 Å². The Labute approximate surface area is 186 Å². The van der Waals surface area contributed by atoms with Gasteiger partial charge in [-0.25, -0.2) is 4.79 Å². The second-order valence-corrected chi connectivity index (χ2v) is 8.93. The zero-order chi connectivity index (χ0) is 22.3. The quantitative estimate of drug-likeness (QED) is 0.725. The van der Waals surface area contributed by atoms with Gasteiger partial charge in [-0.3, -0.25) is 9.59 Å². The van der Waals surface area contributed by atoms with Crippen LogP contribution in [0.3, 0.4) is 0 Å². The average molecular weight is 434 g/mol. The molecule has 0 bridgehead atoms. The fourth-order valence-electron chi connectivity index (χ4n) is 5.14. The molecule has 7 heteroatoms. The van der Waals surface area contributed by atoms with Crippen LogP contribution in [0.2, 0.25) is 0 Å². The third-order valence-electron chi connectivity index (χ3n) is 6.89. The summed E-state index contributed by atoms with van der Waals surface area (Å²) in [7, 11) is 0. The molecule has 1 saturated heterocycles. The number of carboxylic acid groups (broad SMARTS) is 1. The topological polar surface area (TPSA) is 95.9 Å². The van der Waals surface area contributed by atoms with Gasteiger partial charge in [0.1, 0.15) is 12.1 Å². The van der Waals surface area contributed by atoms with Gasteiger partial charge in [0, 0.05) is 18.5 Å². The van der Waals surface area contributed by atoms with Gasteiger partial charge in [0.25, 0.3) is 0 Å². The van der Waals surface area contributed by atoms with E-state index in [1.807, 2.05) is 24.3 Å². The molecule has 0 aromatic heterocycles. The van der Waals surface area contributed by atoms with Crippen molar-refractivity contribution in [2.24, 2.45) is 0 Å². The summed E-state index contributed by atoms with van der Waals surface area (Å²) in [6.45, 7) is 0.723. The summed E-state index contributed by atoms with van der Waals surface area (Å²) in [6, 6.07) is 16.0. The molecule has 0 spiro atoms. The van der Waals surface area contributed by atoms with Gasteiger partial charge in [0.05, 0.1) is 6.42 Å². The number of carbonyl (C=O) groups is 3. The molecule has 1 saturated carbocycles. The van der Waals surface area contributed by atoms with Crippen molar-refractivity contribution in [2.75, 3.05) is 13.2 Å². The van der Waals surface area contributed by atoms with Crippen molar-refractivity contribution in [1.82, 2.24) is 10.2 Å². The van der Waals surface area contributed by atoms with E-state index in [9.17, 15) is 14.4 Å². The number of hydrogen-bond donors (Lipinski definition) is 2. The number of likely N-dealkylation sites (tertiary alicyclic amines) is 1. The van der Waals surface area contributed by atoms with Crippen molar-refractivity contribution in [3.8, 4) is 11.1 Å². The fourth-order valence-corrected chi connectivity index (χ4v) is 5.14. The number of aliphatic carboxylic acids is 1. The zero-order valence-corrected chi connectivity index (χ0v) is 17.8. The van der Waals surface area contributed by atoms with Crippen molar-refractivity contribution in [3.63, 3.8) is 0 Å². The maximum atomic E-state index is 13.1. The fraction of sp³-hybridized carbons (Fsp3) is 0.400. The Hall–Kier alpha value is -3.35. The molecule has 2 aliphatic carbocycles. The molecule has 2 amide bonds. The second kappa shape index (κ2) is 7.97. The van der Waals surface area contributed by atoms with Crippen molar-refractivity contribution in [2.45, 2.75) is 49.6 Å². The third kappa shape index (κ3) is 3.61. The van der Waals surface area contributed by atoms with Gasteiger partial charge in [-0.1, -0.05) is 48.5 Å². The van der Waals surface area contributed by atoms with Crippen LogP contribution in [0.5, 0.6) is 0 Å². The lowest BCUT2D eigenvalue weighted by Gasteiger charge is -2.28. The molecule has 0 radical (unpaired) electrons. The van der Waals surface area contributed by atoms with Gasteiger partial charge in [0.15, 0.2) is 0 Å². The highest BCUT2D eigenvalue weighted by Gasteiger charge is 2.55. The molecular weight excluding hydrogens is 408 g/mol. The van der Waals surface area contributed by atoms with Crippen molar-refractivity contribution >= 4 is 18.0 Å². The van der Waals surface area contributed by atoms with E-state index >= 15 is 0 Å². The first-order valence-corrected chi connectivity index (χ1v) is 11.1. The van der Waals surface area contributed by atoms with Gasteiger partial charge in [-0.2, -0.15) is 0 Å². The Kier molecular flexibility index (Phi) is 5.12. The minimum Gasteiger partial charge on any atom is -0.481 e. The van der Waals surface area contributed by atoms with Crippen molar-refractivity contribution in [3.05, 3.63) is 59.7 Å². The highest BCUT2D eigenvalue weighted by Crippen LogP contribution is 2.45. The Morgan fingerprint density at radius 2 is 1.66 bits per heavy atom.